The SMILES string of the molecule is Cc1cnn(-c2cc(NCc3ccccc3)ncn2)c1. The molecular weight excluding hydrogens is 250 g/mol. The molecule has 0 bridgehead atoms. The number of nitrogens with one attached hydrogen (secondary N) is 1. The van der Waals surface area contributed by atoms with E-state index in [1.165, 1.54) is 5.56 Å². The van der Waals surface area contributed by atoms with E-state index in [1.807, 2.05) is 37.4 Å². The maximum absolute atomic E-state index is 4.24. The van der Waals surface area contributed by atoms with Gasteiger partial charge in [-0.05, 0) is 18.1 Å². The van der Waals surface area contributed by atoms with E-state index in [0.29, 0.717) is 0 Å². The van der Waals surface area contributed by atoms with Crippen LogP contribution in [0.25, 0.3) is 5.82 Å². The Hall–Kier alpha value is -2.69. The van der Waals surface area contributed by atoms with Crippen molar-refractivity contribution in [1.29, 1.82) is 0 Å². The molecule has 0 saturated heterocycles. The molecule has 100 valence electrons. The number of nitrogens with zero attached hydrogens (tertiary/aromatic N) is 4. The molecule has 1 N–H and O–H groups in total. The third-order valence-electron chi connectivity index (χ3n) is 2.92. The predicted molar refractivity (Wildman–Crippen MR) is 77.7 cm³/mol. The highest BCUT2D eigenvalue weighted by molar-refractivity contribution is 5.41. The fraction of sp³-hybridized carbons (Fsp3) is 0.133. The minimum absolute atomic E-state index is 0.732. The Kier molecular flexibility index (Phi) is 3.41. The molecule has 0 amide bonds. The van der Waals surface area contributed by atoms with Crippen LogP contribution in [0.4, 0.5) is 5.82 Å². The summed E-state index contributed by atoms with van der Waals surface area (Å²) in [6.45, 7) is 2.73. The van der Waals surface area contributed by atoms with Crippen molar-refractivity contribution in [2.75, 3.05) is 5.32 Å². The summed E-state index contributed by atoms with van der Waals surface area (Å²) in [5.74, 6) is 1.54. The standard InChI is InChI=1S/C15H15N5/c1-12-8-19-20(10-12)15-7-14(17-11-18-15)16-9-13-5-3-2-4-6-13/h2-8,10-11H,9H2,1H3,(H,16,17,18). The Bertz CT molecular complexity index is 690. The molecule has 0 fully saturated rings. The van der Waals surface area contributed by atoms with Gasteiger partial charge in [-0.3, -0.25) is 0 Å². The number of hydrogen-bond donors (Lipinski definition) is 1. The minimum atomic E-state index is 0.732. The maximum Gasteiger partial charge on any atom is 0.158 e. The highest BCUT2D eigenvalue weighted by Crippen LogP contribution is 2.10. The van der Waals surface area contributed by atoms with Gasteiger partial charge in [0.1, 0.15) is 12.1 Å². The third-order valence-corrected chi connectivity index (χ3v) is 2.92. The molecule has 0 unspecified atom stereocenters. The quantitative estimate of drug-likeness (QED) is 0.787. The normalized spacial score (nSPS) is 10.4. The number of anilines is 1. The first kappa shape index (κ1) is 12.3. The van der Waals surface area contributed by atoms with Crippen LogP contribution >= 0.6 is 0 Å². The van der Waals surface area contributed by atoms with Crippen LogP contribution in [0, 0.1) is 6.92 Å². The molecule has 0 spiro atoms. The topological polar surface area (TPSA) is 55.6 Å². The second kappa shape index (κ2) is 5.52. The van der Waals surface area contributed by atoms with Gasteiger partial charge in [0.05, 0.1) is 6.20 Å². The summed E-state index contributed by atoms with van der Waals surface area (Å²) >= 11 is 0. The van der Waals surface area contributed by atoms with Gasteiger partial charge in [-0.25, -0.2) is 14.6 Å². The fourth-order valence-electron chi connectivity index (χ4n) is 1.90. The molecule has 2 aromatic heterocycles. The Morgan fingerprint density at radius 1 is 1.15 bits per heavy atom. The molecule has 0 radical (unpaired) electrons. The first-order chi connectivity index (χ1) is 9.81. The van der Waals surface area contributed by atoms with Crippen molar-refractivity contribution in [2.45, 2.75) is 13.5 Å². The molecule has 20 heavy (non-hydrogen) atoms. The lowest BCUT2D eigenvalue weighted by Gasteiger charge is -2.07. The molecule has 5 heteroatoms. The van der Waals surface area contributed by atoms with E-state index in [1.54, 1.807) is 17.2 Å². The molecule has 0 aliphatic rings. The van der Waals surface area contributed by atoms with Crippen molar-refractivity contribution in [3.63, 3.8) is 0 Å². The van der Waals surface area contributed by atoms with Gasteiger partial charge < -0.3 is 5.32 Å². The summed E-state index contributed by atoms with van der Waals surface area (Å²) in [6, 6.07) is 12.1. The summed E-state index contributed by atoms with van der Waals surface area (Å²) in [5, 5.41) is 7.53. The van der Waals surface area contributed by atoms with E-state index < -0.39 is 0 Å². The van der Waals surface area contributed by atoms with Crippen molar-refractivity contribution in [3.05, 3.63) is 66.2 Å². The maximum atomic E-state index is 4.24. The highest BCUT2D eigenvalue weighted by Gasteiger charge is 2.02. The van der Waals surface area contributed by atoms with Gasteiger partial charge in [-0.1, -0.05) is 30.3 Å². The van der Waals surface area contributed by atoms with Crippen LogP contribution in [0.2, 0.25) is 0 Å². The lowest BCUT2D eigenvalue weighted by atomic mass is 10.2. The van der Waals surface area contributed by atoms with Crippen LogP contribution in [-0.2, 0) is 6.54 Å². The minimum Gasteiger partial charge on any atom is -0.366 e. The second-order valence-corrected chi connectivity index (χ2v) is 4.56. The van der Waals surface area contributed by atoms with Crippen LogP contribution in [0.3, 0.4) is 0 Å². The molecule has 3 aromatic rings. The van der Waals surface area contributed by atoms with E-state index in [9.17, 15) is 0 Å². The first-order valence-electron chi connectivity index (χ1n) is 6.43. The van der Waals surface area contributed by atoms with Gasteiger partial charge in [-0.15, -0.1) is 0 Å². The van der Waals surface area contributed by atoms with Crippen LogP contribution in [-0.4, -0.2) is 19.7 Å². The van der Waals surface area contributed by atoms with E-state index >= 15 is 0 Å². The molecule has 3 rings (SSSR count). The largest absolute Gasteiger partial charge is 0.366 e. The number of benzene rings is 1. The zero-order chi connectivity index (χ0) is 13.8. The molecule has 0 aliphatic heterocycles. The van der Waals surface area contributed by atoms with Crippen molar-refractivity contribution in [1.82, 2.24) is 19.7 Å². The van der Waals surface area contributed by atoms with E-state index in [-0.39, 0.29) is 0 Å². The fourth-order valence-corrected chi connectivity index (χ4v) is 1.90. The van der Waals surface area contributed by atoms with Gasteiger partial charge in [-0.2, -0.15) is 5.10 Å². The van der Waals surface area contributed by atoms with Crippen molar-refractivity contribution < 1.29 is 0 Å². The predicted octanol–water partition coefficient (Wildman–Crippen LogP) is 2.58. The highest BCUT2D eigenvalue weighted by atomic mass is 15.3. The van der Waals surface area contributed by atoms with Crippen molar-refractivity contribution in [2.24, 2.45) is 0 Å². The zero-order valence-corrected chi connectivity index (χ0v) is 11.2. The smallest absolute Gasteiger partial charge is 0.158 e. The number of aryl methyl sites for hydroxylation is 1. The average molecular weight is 265 g/mol. The Morgan fingerprint density at radius 2 is 2.00 bits per heavy atom. The number of hydrogen-bond acceptors (Lipinski definition) is 4. The van der Waals surface area contributed by atoms with Crippen LogP contribution < -0.4 is 5.32 Å². The van der Waals surface area contributed by atoms with Crippen molar-refractivity contribution in [3.8, 4) is 5.82 Å². The number of rotatable bonds is 4. The molecule has 0 aliphatic carbocycles. The average Bonchev–Trinajstić information content (AvgIpc) is 2.93. The lowest BCUT2D eigenvalue weighted by molar-refractivity contribution is 0.838. The molecule has 5 nitrogen and oxygen atoms in total. The summed E-state index contributed by atoms with van der Waals surface area (Å²) in [5.41, 5.74) is 2.31. The third kappa shape index (κ3) is 2.83. The number of aromatic nitrogens is 4. The Morgan fingerprint density at radius 3 is 2.75 bits per heavy atom. The Labute approximate surface area is 117 Å². The van der Waals surface area contributed by atoms with E-state index in [4.69, 9.17) is 0 Å². The van der Waals surface area contributed by atoms with Gasteiger partial charge in [0.15, 0.2) is 5.82 Å². The van der Waals surface area contributed by atoms with E-state index in [2.05, 4.69) is 32.5 Å². The van der Waals surface area contributed by atoms with Crippen LogP contribution in [0.5, 0.6) is 0 Å². The summed E-state index contributed by atoms with van der Waals surface area (Å²) < 4.78 is 1.74. The Balaban J connectivity index is 1.75. The van der Waals surface area contributed by atoms with Gasteiger partial charge in [0, 0.05) is 18.8 Å². The molecule has 2 heterocycles. The van der Waals surface area contributed by atoms with Crippen LogP contribution in [0.15, 0.2) is 55.1 Å². The van der Waals surface area contributed by atoms with Gasteiger partial charge in [0.2, 0.25) is 0 Å². The summed E-state index contributed by atoms with van der Waals surface area (Å²) in [6.07, 6.45) is 5.28. The van der Waals surface area contributed by atoms with E-state index in [0.717, 1.165) is 23.7 Å². The second-order valence-electron chi connectivity index (χ2n) is 4.56. The van der Waals surface area contributed by atoms with Crippen LogP contribution in [0.1, 0.15) is 11.1 Å². The van der Waals surface area contributed by atoms with Gasteiger partial charge in [0.25, 0.3) is 0 Å². The monoisotopic (exact) mass is 265 g/mol. The summed E-state index contributed by atoms with van der Waals surface area (Å²) in [7, 11) is 0. The molecular formula is C15H15N5. The molecule has 1 aromatic carbocycles. The zero-order valence-electron chi connectivity index (χ0n) is 11.2. The molecule has 0 atom stereocenters. The molecule has 0 saturated carbocycles. The van der Waals surface area contributed by atoms with Crippen molar-refractivity contribution >= 4 is 5.82 Å². The first-order valence-corrected chi connectivity index (χ1v) is 6.43. The summed E-state index contributed by atoms with van der Waals surface area (Å²) in [4.78, 5) is 8.45. The lowest BCUT2D eigenvalue weighted by Crippen LogP contribution is -2.04. The van der Waals surface area contributed by atoms with Gasteiger partial charge >= 0.3 is 0 Å².